The van der Waals surface area contributed by atoms with Crippen molar-refractivity contribution < 1.29 is 4.79 Å². The number of allylic oxidation sites excluding steroid dienone is 2. The molecule has 0 aliphatic heterocycles. The molecule has 0 spiro atoms. The molecule has 4 rings (SSSR count). The average molecular weight is 310 g/mol. The summed E-state index contributed by atoms with van der Waals surface area (Å²) in [5.74, 6) is 1.18. The molecule has 2 aliphatic rings. The molecule has 0 N–H and O–H groups in total. The van der Waals surface area contributed by atoms with Crippen LogP contribution in [-0.2, 0) is 0 Å². The van der Waals surface area contributed by atoms with E-state index in [-0.39, 0.29) is 17.6 Å². The largest absolute Gasteiger partial charge is 0.292 e. The number of carbonyl (C=O) groups is 1. The Labute approximate surface area is 134 Å². The Morgan fingerprint density at radius 1 is 1.05 bits per heavy atom. The van der Waals surface area contributed by atoms with Crippen molar-refractivity contribution in [3.8, 4) is 0 Å². The second kappa shape index (κ2) is 5.36. The second-order valence-electron chi connectivity index (χ2n) is 6.13. The van der Waals surface area contributed by atoms with Crippen LogP contribution < -0.4 is 0 Å². The second-order valence-corrected chi connectivity index (χ2v) is 6.57. The van der Waals surface area contributed by atoms with E-state index in [9.17, 15) is 4.79 Å². The highest BCUT2D eigenvalue weighted by molar-refractivity contribution is 6.30. The van der Waals surface area contributed by atoms with E-state index in [4.69, 9.17) is 11.6 Å². The predicted octanol–water partition coefficient (Wildman–Crippen LogP) is 4.52. The highest BCUT2D eigenvalue weighted by atomic mass is 35.5. The standard InChI is InChI=1S/C19H16ClNO/c20-15-8-6-12(7-9-15)17-13-4-5-14(11-13)18(17)19(22)16-3-1-2-10-21-16/h1-10,13-14,17-18H,11H2/t13-,14+,17-,18-/m1/s1. The molecule has 2 nitrogen and oxygen atoms in total. The summed E-state index contributed by atoms with van der Waals surface area (Å²) in [5.41, 5.74) is 1.78. The Morgan fingerprint density at radius 2 is 1.82 bits per heavy atom. The molecule has 3 heteroatoms. The third-order valence-corrected chi connectivity index (χ3v) is 5.19. The van der Waals surface area contributed by atoms with Crippen molar-refractivity contribution in [2.45, 2.75) is 12.3 Å². The van der Waals surface area contributed by atoms with Gasteiger partial charge in [0.25, 0.3) is 0 Å². The number of ketones is 1. The summed E-state index contributed by atoms with van der Waals surface area (Å²) in [6, 6.07) is 13.5. The lowest BCUT2D eigenvalue weighted by molar-refractivity contribution is 0.0881. The molecule has 1 saturated carbocycles. The van der Waals surface area contributed by atoms with Crippen molar-refractivity contribution in [3.63, 3.8) is 0 Å². The lowest BCUT2D eigenvalue weighted by Gasteiger charge is -2.27. The van der Waals surface area contributed by atoms with Gasteiger partial charge in [0.15, 0.2) is 5.78 Å². The Hall–Kier alpha value is -1.93. The zero-order valence-electron chi connectivity index (χ0n) is 12.0. The van der Waals surface area contributed by atoms with E-state index in [1.807, 2.05) is 30.3 Å². The van der Waals surface area contributed by atoms with Crippen LogP contribution in [0.1, 0.15) is 28.4 Å². The molecule has 4 atom stereocenters. The van der Waals surface area contributed by atoms with E-state index < -0.39 is 0 Å². The van der Waals surface area contributed by atoms with Gasteiger partial charge in [-0.05, 0) is 48.1 Å². The fraction of sp³-hybridized carbons (Fsp3) is 0.263. The summed E-state index contributed by atoms with van der Waals surface area (Å²) < 4.78 is 0. The normalized spacial score (nSPS) is 29.0. The van der Waals surface area contributed by atoms with E-state index >= 15 is 0 Å². The van der Waals surface area contributed by atoms with Gasteiger partial charge in [-0.2, -0.15) is 0 Å². The number of rotatable bonds is 3. The summed E-state index contributed by atoms with van der Waals surface area (Å²) in [7, 11) is 0. The Balaban J connectivity index is 1.72. The number of halogens is 1. The number of hydrogen-bond acceptors (Lipinski definition) is 2. The van der Waals surface area contributed by atoms with Crippen molar-refractivity contribution >= 4 is 17.4 Å². The first kappa shape index (κ1) is 13.7. The molecular formula is C19H16ClNO. The van der Waals surface area contributed by atoms with Crippen molar-refractivity contribution in [1.82, 2.24) is 4.98 Å². The molecule has 1 fully saturated rings. The summed E-state index contributed by atoms with van der Waals surface area (Å²) in [6.07, 6.45) is 7.23. The molecule has 1 aromatic heterocycles. The van der Waals surface area contributed by atoms with Gasteiger partial charge in [-0.25, -0.2) is 0 Å². The number of pyridine rings is 1. The third kappa shape index (κ3) is 2.19. The van der Waals surface area contributed by atoms with E-state index in [0.717, 1.165) is 11.4 Å². The lowest BCUT2D eigenvalue weighted by Crippen LogP contribution is -2.27. The average Bonchev–Trinajstić information content (AvgIpc) is 3.17. The van der Waals surface area contributed by atoms with E-state index in [1.165, 1.54) is 5.56 Å². The van der Waals surface area contributed by atoms with Crippen LogP contribution in [0, 0.1) is 17.8 Å². The van der Waals surface area contributed by atoms with Crippen molar-refractivity contribution in [1.29, 1.82) is 0 Å². The molecular weight excluding hydrogens is 294 g/mol. The number of aromatic nitrogens is 1. The number of Topliss-reactive ketones (excluding diaryl/α,β-unsaturated/α-hetero) is 1. The first-order chi connectivity index (χ1) is 10.7. The van der Waals surface area contributed by atoms with Gasteiger partial charge in [0.05, 0.1) is 0 Å². The summed E-state index contributed by atoms with van der Waals surface area (Å²) in [6.45, 7) is 0. The summed E-state index contributed by atoms with van der Waals surface area (Å²) in [4.78, 5) is 17.2. The molecule has 0 radical (unpaired) electrons. The van der Waals surface area contributed by atoms with Gasteiger partial charge >= 0.3 is 0 Å². The van der Waals surface area contributed by atoms with Gasteiger partial charge in [0, 0.05) is 23.1 Å². The number of fused-ring (bicyclic) bond motifs is 2. The van der Waals surface area contributed by atoms with E-state index in [0.29, 0.717) is 17.5 Å². The van der Waals surface area contributed by atoms with Crippen LogP contribution in [-0.4, -0.2) is 10.8 Å². The first-order valence-electron chi connectivity index (χ1n) is 7.63. The zero-order chi connectivity index (χ0) is 15.1. The molecule has 2 aromatic rings. The molecule has 0 amide bonds. The fourth-order valence-electron chi connectivity index (χ4n) is 4.00. The molecule has 110 valence electrons. The monoisotopic (exact) mass is 309 g/mol. The number of nitrogens with zero attached hydrogens (tertiary/aromatic N) is 1. The summed E-state index contributed by atoms with van der Waals surface area (Å²) >= 11 is 6.00. The maximum Gasteiger partial charge on any atom is 0.185 e. The minimum absolute atomic E-state index is 0.00826. The minimum Gasteiger partial charge on any atom is -0.292 e. The molecule has 2 aliphatic carbocycles. The third-order valence-electron chi connectivity index (χ3n) is 4.93. The number of benzene rings is 1. The molecule has 1 heterocycles. The van der Waals surface area contributed by atoms with E-state index in [2.05, 4.69) is 29.3 Å². The number of hydrogen-bond donors (Lipinski definition) is 0. The molecule has 0 saturated heterocycles. The Bertz CT molecular complexity index is 723. The maximum absolute atomic E-state index is 13.0. The zero-order valence-corrected chi connectivity index (χ0v) is 12.8. The minimum atomic E-state index is -0.00826. The fourth-order valence-corrected chi connectivity index (χ4v) is 4.12. The smallest absolute Gasteiger partial charge is 0.185 e. The van der Waals surface area contributed by atoms with Crippen molar-refractivity contribution in [2.24, 2.45) is 17.8 Å². The van der Waals surface area contributed by atoms with Crippen molar-refractivity contribution in [3.05, 3.63) is 77.1 Å². The Morgan fingerprint density at radius 3 is 2.55 bits per heavy atom. The van der Waals surface area contributed by atoms with Crippen LogP contribution in [0.5, 0.6) is 0 Å². The lowest BCUT2D eigenvalue weighted by atomic mass is 9.75. The molecule has 1 aromatic carbocycles. The highest BCUT2D eigenvalue weighted by Crippen LogP contribution is 2.53. The van der Waals surface area contributed by atoms with Crippen LogP contribution in [0.4, 0.5) is 0 Å². The SMILES string of the molecule is O=C(c1ccccn1)[C@H]1[C@H](c2ccc(Cl)cc2)[C@@H]2C=C[C@H]1C2. The molecule has 22 heavy (non-hydrogen) atoms. The van der Waals surface area contributed by atoms with Gasteiger partial charge in [0.2, 0.25) is 0 Å². The van der Waals surface area contributed by atoms with Crippen LogP contribution >= 0.6 is 11.6 Å². The van der Waals surface area contributed by atoms with Gasteiger partial charge in [-0.15, -0.1) is 0 Å². The topological polar surface area (TPSA) is 30.0 Å². The van der Waals surface area contributed by atoms with E-state index in [1.54, 1.807) is 6.20 Å². The molecule has 0 unspecified atom stereocenters. The number of carbonyl (C=O) groups excluding carboxylic acids is 1. The van der Waals surface area contributed by atoms with Crippen LogP contribution in [0.15, 0.2) is 60.8 Å². The predicted molar refractivity (Wildman–Crippen MR) is 87.0 cm³/mol. The maximum atomic E-state index is 13.0. The van der Waals surface area contributed by atoms with Crippen molar-refractivity contribution in [2.75, 3.05) is 0 Å². The first-order valence-corrected chi connectivity index (χ1v) is 8.01. The van der Waals surface area contributed by atoms with Crippen LogP contribution in [0.3, 0.4) is 0 Å². The Kier molecular flexibility index (Phi) is 3.34. The van der Waals surface area contributed by atoms with Crippen LogP contribution in [0.2, 0.25) is 5.02 Å². The van der Waals surface area contributed by atoms with Gasteiger partial charge in [-0.1, -0.05) is 42.0 Å². The van der Waals surface area contributed by atoms with Crippen LogP contribution in [0.25, 0.3) is 0 Å². The highest BCUT2D eigenvalue weighted by Gasteiger charge is 2.48. The van der Waals surface area contributed by atoms with Gasteiger partial charge < -0.3 is 0 Å². The van der Waals surface area contributed by atoms with Gasteiger partial charge in [0.1, 0.15) is 5.69 Å². The van der Waals surface area contributed by atoms with Gasteiger partial charge in [-0.3, -0.25) is 9.78 Å². The summed E-state index contributed by atoms with van der Waals surface area (Å²) in [5, 5.41) is 0.732. The quantitative estimate of drug-likeness (QED) is 0.616. The molecule has 2 bridgehead atoms.